The van der Waals surface area contributed by atoms with Gasteiger partial charge in [0.05, 0.1) is 18.0 Å². The third-order valence-corrected chi connectivity index (χ3v) is 3.03. The number of amides is 1. The van der Waals surface area contributed by atoms with E-state index in [1.165, 1.54) is 6.20 Å². The van der Waals surface area contributed by atoms with Crippen LogP contribution in [0.15, 0.2) is 18.5 Å². The van der Waals surface area contributed by atoms with Crippen LogP contribution in [0.1, 0.15) is 30.1 Å². The first kappa shape index (κ1) is 12.0. The van der Waals surface area contributed by atoms with Crippen molar-refractivity contribution in [2.24, 2.45) is 0 Å². The van der Waals surface area contributed by atoms with Gasteiger partial charge in [-0.15, -0.1) is 0 Å². The van der Waals surface area contributed by atoms with E-state index in [-0.39, 0.29) is 5.91 Å². The van der Waals surface area contributed by atoms with Crippen LogP contribution in [0.25, 0.3) is 0 Å². The molecule has 0 aromatic carbocycles. The molecule has 1 atom stereocenters. The first-order chi connectivity index (χ1) is 8.31. The molecule has 0 bridgehead atoms. The SMILES string of the molecule is CCNC1CCCN(C(=O)c2ccnnc2)C1. The summed E-state index contributed by atoms with van der Waals surface area (Å²) >= 11 is 0. The van der Waals surface area contributed by atoms with Gasteiger partial charge < -0.3 is 10.2 Å². The summed E-state index contributed by atoms with van der Waals surface area (Å²) in [6, 6.07) is 2.14. The van der Waals surface area contributed by atoms with Crippen LogP contribution >= 0.6 is 0 Å². The summed E-state index contributed by atoms with van der Waals surface area (Å²) in [6.45, 7) is 4.66. The molecule has 5 heteroatoms. The van der Waals surface area contributed by atoms with Gasteiger partial charge in [-0.25, -0.2) is 0 Å². The summed E-state index contributed by atoms with van der Waals surface area (Å²) in [6.07, 6.45) is 5.28. The van der Waals surface area contributed by atoms with Crippen LogP contribution < -0.4 is 5.32 Å². The van der Waals surface area contributed by atoms with Crippen LogP contribution in [0.5, 0.6) is 0 Å². The number of likely N-dealkylation sites (N-methyl/N-ethyl adjacent to an activating group) is 1. The average Bonchev–Trinajstić information content (AvgIpc) is 2.40. The Bertz CT molecular complexity index is 366. The van der Waals surface area contributed by atoms with Gasteiger partial charge in [-0.05, 0) is 25.5 Å². The van der Waals surface area contributed by atoms with Gasteiger partial charge in [0, 0.05) is 19.1 Å². The number of piperidine rings is 1. The van der Waals surface area contributed by atoms with Gasteiger partial charge in [0.25, 0.3) is 5.91 Å². The maximum Gasteiger partial charge on any atom is 0.255 e. The molecule has 0 saturated carbocycles. The van der Waals surface area contributed by atoms with Crippen LogP contribution in [-0.2, 0) is 0 Å². The highest BCUT2D eigenvalue weighted by Gasteiger charge is 2.23. The van der Waals surface area contributed by atoms with E-state index in [9.17, 15) is 4.79 Å². The fraction of sp³-hybridized carbons (Fsp3) is 0.583. The van der Waals surface area contributed by atoms with E-state index in [1.54, 1.807) is 12.3 Å². The molecule has 1 aliphatic rings. The van der Waals surface area contributed by atoms with E-state index in [1.807, 2.05) is 4.90 Å². The van der Waals surface area contributed by atoms with E-state index in [0.717, 1.165) is 32.5 Å². The van der Waals surface area contributed by atoms with Gasteiger partial charge in [-0.3, -0.25) is 4.79 Å². The Kier molecular flexibility index (Phi) is 4.03. The quantitative estimate of drug-likeness (QED) is 0.836. The van der Waals surface area contributed by atoms with Crippen molar-refractivity contribution in [3.05, 3.63) is 24.0 Å². The molecule has 0 aliphatic carbocycles. The van der Waals surface area contributed by atoms with Crippen LogP contribution in [0.3, 0.4) is 0 Å². The summed E-state index contributed by atoms with van der Waals surface area (Å²) in [5, 5.41) is 10.8. The summed E-state index contributed by atoms with van der Waals surface area (Å²) in [5.74, 6) is 0.0579. The minimum absolute atomic E-state index is 0.0579. The molecule has 2 rings (SSSR count). The molecule has 1 N–H and O–H groups in total. The van der Waals surface area contributed by atoms with Gasteiger partial charge in [0.1, 0.15) is 0 Å². The first-order valence-electron chi connectivity index (χ1n) is 6.10. The standard InChI is InChI=1S/C12H18N4O/c1-2-13-11-4-3-7-16(9-11)12(17)10-5-6-14-15-8-10/h5-6,8,11,13H,2-4,7,9H2,1H3. The Hall–Kier alpha value is -1.49. The summed E-state index contributed by atoms with van der Waals surface area (Å²) in [4.78, 5) is 14.1. The normalized spacial score (nSPS) is 20.3. The topological polar surface area (TPSA) is 58.1 Å². The lowest BCUT2D eigenvalue weighted by Crippen LogP contribution is -2.47. The zero-order valence-electron chi connectivity index (χ0n) is 10.1. The highest BCUT2D eigenvalue weighted by molar-refractivity contribution is 5.93. The minimum Gasteiger partial charge on any atom is -0.337 e. The first-order valence-corrected chi connectivity index (χ1v) is 6.10. The fourth-order valence-electron chi connectivity index (χ4n) is 2.22. The van der Waals surface area contributed by atoms with Crippen molar-refractivity contribution in [1.82, 2.24) is 20.4 Å². The molecule has 1 fully saturated rings. The predicted molar refractivity (Wildman–Crippen MR) is 64.6 cm³/mol. The third-order valence-electron chi connectivity index (χ3n) is 3.03. The largest absolute Gasteiger partial charge is 0.337 e. The molecule has 92 valence electrons. The smallest absolute Gasteiger partial charge is 0.255 e. The summed E-state index contributed by atoms with van der Waals surface area (Å²) in [5.41, 5.74) is 0.622. The number of aromatic nitrogens is 2. The summed E-state index contributed by atoms with van der Waals surface area (Å²) < 4.78 is 0. The third kappa shape index (κ3) is 3.00. The van der Waals surface area contributed by atoms with E-state index >= 15 is 0 Å². The van der Waals surface area contributed by atoms with Crippen molar-refractivity contribution < 1.29 is 4.79 Å². The zero-order chi connectivity index (χ0) is 12.1. The number of nitrogens with one attached hydrogen (secondary N) is 1. The molecule has 1 aromatic heterocycles. The van der Waals surface area contributed by atoms with Gasteiger partial charge in [-0.2, -0.15) is 10.2 Å². The molecule has 5 nitrogen and oxygen atoms in total. The number of nitrogens with zero attached hydrogens (tertiary/aromatic N) is 3. The lowest BCUT2D eigenvalue weighted by molar-refractivity contribution is 0.0695. The predicted octanol–water partition coefficient (Wildman–Crippen LogP) is 0.691. The van der Waals surface area contributed by atoms with E-state index < -0.39 is 0 Å². The molecule has 1 aliphatic heterocycles. The monoisotopic (exact) mass is 234 g/mol. The number of hydrogen-bond acceptors (Lipinski definition) is 4. The molecule has 0 spiro atoms. The van der Waals surface area contributed by atoms with Crippen molar-refractivity contribution in [1.29, 1.82) is 0 Å². The molecule has 1 amide bonds. The number of hydrogen-bond donors (Lipinski definition) is 1. The lowest BCUT2D eigenvalue weighted by atomic mass is 10.0. The van der Waals surface area contributed by atoms with Gasteiger partial charge in [-0.1, -0.05) is 6.92 Å². The zero-order valence-corrected chi connectivity index (χ0v) is 10.1. The van der Waals surface area contributed by atoms with Crippen molar-refractivity contribution in [2.45, 2.75) is 25.8 Å². The van der Waals surface area contributed by atoms with E-state index in [0.29, 0.717) is 11.6 Å². The van der Waals surface area contributed by atoms with Crippen molar-refractivity contribution in [3.63, 3.8) is 0 Å². The average molecular weight is 234 g/mol. The fourth-order valence-corrected chi connectivity index (χ4v) is 2.22. The molecule has 0 radical (unpaired) electrons. The van der Waals surface area contributed by atoms with Gasteiger partial charge >= 0.3 is 0 Å². The van der Waals surface area contributed by atoms with Crippen molar-refractivity contribution >= 4 is 5.91 Å². The highest BCUT2D eigenvalue weighted by Crippen LogP contribution is 2.13. The minimum atomic E-state index is 0.0579. The number of carbonyl (C=O) groups excluding carboxylic acids is 1. The van der Waals surface area contributed by atoms with E-state index in [2.05, 4.69) is 22.4 Å². The van der Waals surface area contributed by atoms with Gasteiger partial charge in [0.15, 0.2) is 0 Å². The lowest BCUT2D eigenvalue weighted by Gasteiger charge is -2.33. The maximum atomic E-state index is 12.2. The molecule has 2 heterocycles. The Balaban J connectivity index is 2.00. The molecule has 1 unspecified atom stereocenters. The van der Waals surface area contributed by atoms with Crippen molar-refractivity contribution in [3.8, 4) is 0 Å². The second kappa shape index (κ2) is 5.72. The number of carbonyl (C=O) groups is 1. The molecule has 17 heavy (non-hydrogen) atoms. The van der Waals surface area contributed by atoms with Crippen LogP contribution in [-0.4, -0.2) is 46.7 Å². The molecular formula is C12H18N4O. The van der Waals surface area contributed by atoms with Crippen LogP contribution in [0.2, 0.25) is 0 Å². The Labute approximate surface area is 101 Å². The molecular weight excluding hydrogens is 216 g/mol. The van der Waals surface area contributed by atoms with E-state index in [4.69, 9.17) is 0 Å². The highest BCUT2D eigenvalue weighted by atomic mass is 16.2. The maximum absolute atomic E-state index is 12.2. The second-order valence-electron chi connectivity index (χ2n) is 4.28. The van der Waals surface area contributed by atoms with Crippen LogP contribution in [0.4, 0.5) is 0 Å². The molecule has 1 saturated heterocycles. The number of rotatable bonds is 3. The van der Waals surface area contributed by atoms with Crippen LogP contribution in [0, 0.1) is 0 Å². The Morgan fingerprint density at radius 1 is 1.59 bits per heavy atom. The van der Waals surface area contributed by atoms with Gasteiger partial charge in [0.2, 0.25) is 0 Å². The van der Waals surface area contributed by atoms with Crippen molar-refractivity contribution in [2.75, 3.05) is 19.6 Å². The molecule has 1 aromatic rings. The Morgan fingerprint density at radius 3 is 3.18 bits per heavy atom. The Morgan fingerprint density at radius 2 is 2.47 bits per heavy atom. The number of likely N-dealkylation sites (tertiary alicyclic amines) is 1. The second-order valence-corrected chi connectivity index (χ2v) is 4.28. The summed E-state index contributed by atoms with van der Waals surface area (Å²) in [7, 11) is 0.